The summed E-state index contributed by atoms with van der Waals surface area (Å²) in [7, 11) is 0. The number of amides is 1. The first-order chi connectivity index (χ1) is 10.3. The van der Waals surface area contributed by atoms with Gasteiger partial charge in [0, 0.05) is 6.42 Å². The Morgan fingerprint density at radius 2 is 2.00 bits per heavy atom. The van der Waals surface area contributed by atoms with Crippen LogP contribution >= 0.6 is 0 Å². The molecule has 0 spiro atoms. The van der Waals surface area contributed by atoms with E-state index in [9.17, 15) is 23.5 Å². The summed E-state index contributed by atoms with van der Waals surface area (Å²) in [6.45, 7) is 1.53. The van der Waals surface area contributed by atoms with Gasteiger partial charge < -0.3 is 10.4 Å². The minimum atomic E-state index is -1.21. The second kappa shape index (κ2) is 6.42. The number of hydrogen-bond acceptors (Lipinski definition) is 2. The standard InChI is InChI=1S/C16H19F2NO3/c1-16(15(21)22,11-6-7-11)19-14(20)4-2-3-10-5-8-12(17)13(18)9-10/h5,8-9,11H,2-4,6-7H2,1H3,(H,19,20)(H,21,22)/t16-/m0/s1. The van der Waals surface area contributed by atoms with Crippen LogP contribution in [-0.4, -0.2) is 22.5 Å². The van der Waals surface area contributed by atoms with Crippen molar-refractivity contribution in [1.82, 2.24) is 5.32 Å². The van der Waals surface area contributed by atoms with Crippen molar-refractivity contribution in [1.29, 1.82) is 0 Å². The maximum Gasteiger partial charge on any atom is 0.329 e. The van der Waals surface area contributed by atoms with Crippen LogP contribution < -0.4 is 5.32 Å². The first kappa shape index (κ1) is 16.4. The van der Waals surface area contributed by atoms with Crippen molar-refractivity contribution >= 4 is 11.9 Å². The van der Waals surface area contributed by atoms with Crippen LogP contribution in [0.4, 0.5) is 8.78 Å². The van der Waals surface area contributed by atoms with Crippen LogP contribution in [-0.2, 0) is 16.0 Å². The van der Waals surface area contributed by atoms with Crippen molar-refractivity contribution in [3.63, 3.8) is 0 Å². The fourth-order valence-electron chi connectivity index (χ4n) is 2.49. The number of carbonyl (C=O) groups excluding carboxylic acids is 1. The quantitative estimate of drug-likeness (QED) is 0.813. The number of rotatable bonds is 7. The molecule has 0 unspecified atom stereocenters. The molecule has 6 heteroatoms. The maximum absolute atomic E-state index is 13.1. The normalized spacial score (nSPS) is 16.9. The van der Waals surface area contributed by atoms with Gasteiger partial charge in [0.05, 0.1) is 0 Å². The number of benzene rings is 1. The van der Waals surface area contributed by atoms with Crippen LogP contribution in [0.3, 0.4) is 0 Å². The minimum Gasteiger partial charge on any atom is -0.480 e. The predicted octanol–water partition coefficient (Wildman–Crippen LogP) is 2.66. The SMILES string of the molecule is C[C@@](NC(=O)CCCc1ccc(F)c(F)c1)(C(=O)O)C1CC1. The number of aliphatic carboxylic acids is 1. The molecule has 0 radical (unpaired) electrons. The molecule has 1 fully saturated rings. The van der Waals surface area contributed by atoms with Crippen molar-refractivity contribution in [2.24, 2.45) is 5.92 Å². The molecular weight excluding hydrogens is 292 g/mol. The lowest BCUT2D eigenvalue weighted by Gasteiger charge is -2.26. The van der Waals surface area contributed by atoms with E-state index >= 15 is 0 Å². The van der Waals surface area contributed by atoms with Gasteiger partial charge in [-0.2, -0.15) is 0 Å². The molecule has 0 aliphatic heterocycles. The van der Waals surface area contributed by atoms with Crippen molar-refractivity contribution in [3.05, 3.63) is 35.4 Å². The highest BCUT2D eigenvalue weighted by Gasteiger charge is 2.48. The van der Waals surface area contributed by atoms with Gasteiger partial charge in [-0.05, 0) is 56.2 Å². The Balaban J connectivity index is 1.82. The Hall–Kier alpha value is -1.98. The highest BCUT2D eigenvalue weighted by atomic mass is 19.2. The Kier molecular flexibility index (Phi) is 4.78. The number of aryl methyl sites for hydroxylation is 1. The first-order valence-corrected chi connectivity index (χ1v) is 7.31. The zero-order valence-corrected chi connectivity index (χ0v) is 12.4. The summed E-state index contributed by atoms with van der Waals surface area (Å²) < 4.78 is 25.8. The van der Waals surface area contributed by atoms with E-state index in [0.717, 1.165) is 25.0 Å². The molecule has 2 rings (SSSR count). The molecule has 1 aromatic carbocycles. The Bertz CT molecular complexity index is 587. The van der Waals surface area contributed by atoms with Crippen LogP contribution in [0.1, 0.15) is 38.2 Å². The molecule has 1 saturated carbocycles. The van der Waals surface area contributed by atoms with E-state index in [4.69, 9.17) is 0 Å². The summed E-state index contributed by atoms with van der Waals surface area (Å²) in [6.07, 6.45) is 2.62. The maximum atomic E-state index is 13.1. The predicted molar refractivity (Wildman–Crippen MR) is 76.2 cm³/mol. The minimum absolute atomic E-state index is 0.0138. The van der Waals surface area contributed by atoms with Crippen LogP contribution in [0.5, 0.6) is 0 Å². The van der Waals surface area contributed by atoms with Crippen LogP contribution in [0.15, 0.2) is 18.2 Å². The van der Waals surface area contributed by atoms with Crippen molar-refractivity contribution in [2.75, 3.05) is 0 Å². The summed E-state index contributed by atoms with van der Waals surface area (Å²) in [6, 6.07) is 3.64. The topological polar surface area (TPSA) is 66.4 Å². The lowest BCUT2D eigenvalue weighted by molar-refractivity contribution is -0.147. The third-order valence-electron chi connectivity index (χ3n) is 4.09. The summed E-state index contributed by atoms with van der Waals surface area (Å²) in [5, 5.41) is 11.8. The van der Waals surface area contributed by atoms with Gasteiger partial charge in [-0.25, -0.2) is 13.6 Å². The van der Waals surface area contributed by atoms with Crippen LogP contribution in [0.25, 0.3) is 0 Å². The largest absolute Gasteiger partial charge is 0.480 e. The molecule has 1 amide bonds. The van der Waals surface area contributed by atoms with Gasteiger partial charge >= 0.3 is 5.97 Å². The Labute approximate surface area is 127 Å². The third kappa shape index (κ3) is 3.81. The zero-order valence-electron chi connectivity index (χ0n) is 12.4. The van der Waals surface area contributed by atoms with Gasteiger partial charge in [0.15, 0.2) is 11.6 Å². The molecule has 2 N–H and O–H groups in total. The summed E-state index contributed by atoms with van der Waals surface area (Å²) >= 11 is 0. The summed E-state index contributed by atoms with van der Waals surface area (Å²) in [5.74, 6) is -3.18. The molecule has 1 aliphatic rings. The number of carboxylic acid groups (broad SMARTS) is 1. The summed E-state index contributed by atoms with van der Waals surface area (Å²) in [4.78, 5) is 23.2. The molecule has 1 aromatic rings. The Morgan fingerprint density at radius 3 is 2.55 bits per heavy atom. The monoisotopic (exact) mass is 311 g/mol. The van der Waals surface area contributed by atoms with Gasteiger partial charge in [0.25, 0.3) is 0 Å². The average Bonchev–Trinajstić information content (AvgIpc) is 3.27. The molecule has 0 aromatic heterocycles. The van der Waals surface area contributed by atoms with E-state index in [1.807, 2.05) is 0 Å². The van der Waals surface area contributed by atoms with E-state index in [1.54, 1.807) is 0 Å². The second-order valence-corrected chi connectivity index (χ2v) is 5.93. The van der Waals surface area contributed by atoms with Crippen LogP contribution in [0.2, 0.25) is 0 Å². The number of hydrogen-bond donors (Lipinski definition) is 2. The molecule has 22 heavy (non-hydrogen) atoms. The number of halogens is 2. The van der Waals surface area contributed by atoms with E-state index in [2.05, 4.69) is 5.32 Å². The first-order valence-electron chi connectivity index (χ1n) is 7.31. The van der Waals surface area contributed by atoms with Crippen molar-refractivity contribution < 1.29 is 23.5 Å². The van der Waals surface area contributed by atoms with E-state index < -0.39 is 23.1 Å². The zero-order chi connectivity index (χ0) is 16.3. The van der Waals surface area contributed by atoms with Gasteiger partial charge in [-0.3, -0.25) is 4.79 Å². The van der Waals surface area contributed by atoms with Gasteiger partial charge in [0.1, 0.15) is 5.54 Å². The van der Waals surface area contributed by atoms with Gasteiger partial charge in [0.2, 0.25) is 5.91 Å². The summed E-state index contributed by atoms with van der Waals surface area (Å²) in [5.41, 5.74) is -0.603. The number of carboxylic acids is 1. The van der Waals surface area contributed by atoms with Crippen molar-refractivity contribution in [2.45, 2.75) is 44.6 Å². The second-order valence-electron chi connectivity index (χ2n) is 5.93. The lowest BCUT2D eigenvalue weighted by atomic mass is 9.95. The lowest BCUT2D eigenvalue weighted by Crippen LogP contribution is -2.53. The number of carbonyl (C=O) groups is 2. The number of nitrogens with one attached hydrogen (secondary N) is 1. The van der Waals surface area contributed by atoms with Crippen LogP contribution in [0, 0.1) is 17.6 Å². The van der Waals surface area contributed by atoms with Gasteiger partial charge in [-0.15, -0.1) is 0 Å². The molecule has 120 valence electrons. The highest BCUT2D eigenvalue weighted by molar-refractivity contribution is 5.87. The van der Waals surface area contributed by atoms with E-state index in [0.29, 0.717) is 18.4 Å². The fraction of sp³-hybridized carbons (Fsp3) is 0.500. The molecule has 0 saturated heterocycles. The van der Waals surface area contributed by atoms with Crippen molar-refractivity contribution in [3.8, 4) is 0 Å². The molecule has 1 atom stereocenters. The third-order valence-corrected chi connectivity index (χ3v) is 4.09. The van der Waals surface area contributed by atoms with E-state index in [-0.39, 0.29) is 18.2 Å². The molecular formula is C16H19F2NO3. The Morgan fingerprint density at radius 1 is 1.32 bits per heavy atom. The average molecular weight is 311 g/mol. The molecule has 0 bridgehead atoms. The van der Waals surface area contributed by atoms with E-state index in [1.165, 1.54) is 13.0 Å². The van der Waals surface area contributed by atoms with Gasteiger partial charge in [-0.1, -0.05) is 6.07 Å². The molecule has 0 heterocycles. The smallest absolute Gasteiger partial charge is 0.329 e. The fourth-order valence-corrected chi connectivity index (χ4v) is 2.49. The molecule has 1 aliphatic carbocycles. The molecule has 4 nitrogen and oxygen atoms in total. The highest BCUT2D eigenvalue weighted by Crippen LogP contribution is 2.39.